The summed E-state index contributed by atoms with van der Waals surface area (Å²) >= 11 is 0. The van der Waals surface area contributed by atoms with Crippen molar-refractivity contribution < 1.29 is 0 Å². The fourth-order valence-electron chi connectivity index (χ4n) is 2.99. The minimum absolute atomic E-state index is 0.0624. The van der Waals surface area contributed by atoms with Gasteiger partial charge in [-0.05, 0) is 38.4 Å². The molecule has 106 valence electrons. The van der Waals surface area contributed by atoms with Crippen LogP contribution < -0.4 is 10.9 Å². The molecule has 1 saturated heterocycles. The van der Waals surface area contributed by atoms with E-state index in [-0.39, 0.29) is 11.6 Å². The monoisotopic (exact) mass is 271 g/mol. The second-order valence-electron chi connectivity index (χ2n) is 5.47. The van der Waals surface area contributed by atoms with Crippen molar-refractivity contribution in [3.63, 3.8) is 0 Å². The largest absolute Gasteiger partial charge is 0.317 e. The Kier molecular flexibility index (Phi) is 3.83. The topological polar surface area (TPSA) is 46.9 Å². The lowest BCUT2D eigenvalue weighted by atomic mass is 10.1. The van der Waals surface area contributed by atoms with E-state index >= 15 is 0 Å². The van der Waals surface area contributed by atoms with Crippen LogP contribution in [0.15, 0.2) is 29.1 Å². The molecule has 4 nitrogen and oxygen atoms in total. The number of nitrogens with zero attached hydrogens (tertiary/aromatic N) is 2. The van der Waals surface area contributed by atoms with Gasteiger partial charge in [-0.1, -0.05) is 31.5 Å². The van der Waals surface area contributed by atoms with Crippen molar-refractivity contribution in [2.24, 2.45) is 0 Å². The second-order valence-corrected chi connectivity index (χ2v) is 5.47. The molecular weight excluding hydrogens is 250 g/mol. The molecule has 2 aromatic rings. The lowest BCUT2D eigenvalue weighted by Crippen LogP contribution is -2.36. The molecule has 1 fully saturated rings. The molecule has 3 rings (SSSR count). The first-order valence-electron chi connectivity index (χ1n) is 7.52. The average molecular weight is 271 g/mol. The predicted octanol–water partition coefficient (Wildman–Crippen LogP) is 2.27. The highest BCUT2D eigenvalue weighted by molar-refractivity contribution is 5.83. The molecule has 0 atom stereocenters. The van der Waals surface area contributed by atoms with Gasteiger partial charge in [-0.25, -0.2) is 4.68 Å². The van der Waals surface area contributed by atoms with E-state index in [2.05, 4.69) is 12.2 Å². The molecule has 1 aliphatic heterocycles. The number of hydrogen-bond acceptors (Lipinski definition) is 3. The van der Waals surface area contributed by atoms with Gasteiger partial charge in [0.1, 0.15) is 0 Å². The zero-order chi connectivity index (χ0) is 13.9. The first-order valence-corrected chi connectivity index (χ1v) is 7.52. The first-order chi connectivity index (χ1) is 9.81. The Morgan fingerprint density at radius 2 is 1.95 bits per heavy atom. The Morgan fingerprint density at radius 3 is 2.65 bits per heavy atom. The maximum Gasteiger partial charge on any atom is 0.274 e. The van der Waals surface area contributed by atoms with E-state index in [0.717, 1.165) is 55.2 Å². The number of hydrogen-bond donors (Lipinski definition) is 1. The zero-order valence-corrected chi connectivity index (χ0v) is 11.9. The van der Waals surface area contributed by atoms with Crippen LogP contribution in [0.4, 0.5) is 0 Å². The number of aromatic nitrogens is 2. The number of nitrogens with one attached hydrogen (secondary N) is 1. The van der Waals surface area contributed by atoms with E-state index in [1.807, 2.05) is 24.3 Å². The van der Waals surface area contributed by atoms with Crippen LogP contribution in [-0.2, 0) is 6.42 Å². The van der Waals surface area contributed by atoms with Gasteiger partial charge in [-0.2, -0.15) is 5.10 Å². The van der Waals surface area contributed by atoms with Gasteiger partial charge in [-0.3, -0.25) is 4.79 Å². The quantitative estimate of drug-likeness (QED) is 0.931. The minimum Gasteiger partial charge on any atom is -0.317 e. The number of fused-ring (bicyclic) bond motifs is 1. The van der Waals surface area contributed by atoms with Crippen molar-refractivity contribution >= 4 is 10.8 Å². The number of rotatable bonds is 3. The van der Waals surface area contributed by atoms with Gasteiger partial charge in [0.15, 0.2) is 0 Å². The van der Waals surface area contributed by atoms with Crippen LogP contribution in [0.3, 0.4) is 0 Å². The highest BCUT2D eigenvalue weighted by Crippen LogP contribution is 2.20. The van der Waals surface area contributed by atoms with Crippen molar-refractivity contribution in [1.29, 1.82) is 0 Å². The molecule has 0 saturated carbocycles. The Morgan fingerprint density at radius 1 is 1.25 bits per heavy atom. The molecule has 0 spiro atoms. The molecule has 0 bridgehead atoms. The Bertz CT molecular complexity index is 656. The SMILES string of the molecule is CCCc1nn(C2CCNCC2)c(=O)c2ccccc12. The van der Waals surface area contributed by atoms with Crippen molar-refractivity contribution in [3.05, 3.63) is 40.3 Å². The second kappa shape index (κ2) is 5.75. The highest BCUT2D eigenvalue weighted by atomic mass is 16.1. The van der Waals surface area contributed by atoms with Gasteiger partial charge < -0.3 is 5.32 Å². The molecule has 1 aromatic heterocycles. The molecule has 0 amide bonds. The summed E-state index contributed by atoms with van der Waals surface area (Å²) in [6.45, 7) is 4.08. The first kappa shape index (κ1) is 13.3. The summed E-state index contributed by atoms with van der Waals surface area (Å²) < 4.78 is 1.74. The van der Waals surface area contributed by atoms with Crippen LogP contribution >= 0.6 is 0 Å². The van der Waals surface area contributed by atoms with Gasteiger partial charge >= 0.3 is 0 Å². The number of aryl methyl sites for hydroxylation is 1. The van der Waals surface area contributed by atoms with Crippen LogP contribution in [0.1, 0.15) is 37.9 Å². The summed E-state index contributed by atoms with van der Waals surface area (Å²) in [5, 5.41) is 9.86. The van der Waals surface area contributed by atoms with Crippen molar-refractivity contribution in [1.82, 2.24) is 15.1 Å². The smallest absolute Gasteiger partial charge is 0.274 e. The molecule has 0 unspecified atom stereocenters. The lowest BCUT2D eigenvalue weighted by molar-refractivity contribution is 0.331. The average Bonchev–Trinajstić information content (AvgIpc) is 2.51. The van der Waals surface area contributed by atoms with Crippen LogP contribution in [0.5, 0.6) is 0 Å². The summed E-state index contributed by atoms with van der Waals surface area (Å²) in [5.41, 5.74) is 1.12. The molecule has 1 aliphatic rings. The Hall–Kier alpha value is -1.68. The van der Waals surface area contributed by atoms with E-state index < -0.39 is 0 Å². The van der Waals surface area contributed by atoms with E-state index in [1.54, 1.807) is 4.68 Å². The number of piperidine rings is 1. The molecule has 0 aliphatic carbocycles. The van der Waals surface area contributed by atoms with Crippen molar-refractivity contribution in [2.75, 3.05) is 13.1 Å². The lowest BCUT2D eigenvalue weighted by Gasteiger charge is -2.24. The van der Waals surface area contributed by atoms with Gasteiger partial charge in [0.05, 0.1) is 17.1 Å². The third kappa shape index (κ3) is 2.36. The molecule has 20 heavy (non-hydrogen) atoms. The van der Waals surface area contributed by atoms with E-state index in [1.165, 1.54) is 0 Å². The third-order valence-electron chi connectivity index (χ3n) is 4.05. The molecule has 0 radical (unpaired) electrons. The summed E-state index contributed by atoms with van der Waals surface area (Å²) in [6.07, 6.45) is 3.93. The highest BCUT2D eigenvalue weighted by Gasteiger charge is 2.19. The van der Waals surface area contributed by atoms with Crippen molar-refractivity contribution in [2.45, 2.75) is 38.6 Å². The maximum absolute atomic E-state index is 12.7. The fourth-order valence-corrected chi connectivity index (χ4v) is 2.99. The van der Waals surface area contributed by atoms with Gasteiger partial charge in [-0.15, -0.1) is 0 Å². The zero-order valence-electron chi connectivity index (χ0n) is 11.9. The summed E-state index contributed by atoms with van der Waals surface area (Å²) in [6, 6.07) is 8.10. The van der Waals surface area contributed by atoms with Gasteiger partial charge in [0, 0.05) is 5.39 Å². The van der Waals surface area contributed by atoms with Gasteiger partial charge in [0.25, 0.3) is 5.56 Å². The molecule has 2 heterocycles. The molecule has 1 N–H and O–H groups in total. The Balaban J connectivity index is 2.16. The Labute approximate surface area is 118 Å². The van der Waals surface area contributed by atoms with Crippen LogP contribution in [0.2, 0.25) is 0 Å². The summed E-state index contributed by atoms with van der Waals surface area (Å²) in [5.74, 6) is 0. The van der Waals surface area contributed by atoms with Crippen LogP contribution in [0, 0.1) is 0 Å². The normalized spacial score (nSPS) is 16.6. The minimum atomic E-state index is 0.0624. The standard InChI is InChI=1S/C16H21N3O/c1-2-5-15-13-6-3-4-7-14(13)16(20)19(18-15)12-8-10-17-11-9-12/h3-4,6-7,12,17H,2,5,8-11H2,1H3. The van der Waals surface area contributed by atoms with Crippen LogP contribution in [-0.4, -0.2) is 22.9 Å². The summed E-state index contributed by atoms with van der Waals surface area (Å²) in [7, 11) is 0. The van der Waals surface area contributed by atoms with Crippen LogP contribution in [0.25, 0.3) is 10.8 Å². The third-order valence-corrected chi connectivity index (χ3v) is 4.05. The molecule has 4 heteroatoms. The van der Waals surface area contributed by atoms with Gasteiger partial charge in [0.2, 0.25) is 0 Å². The van der Waals surface area contributed by atoms with Crippen molar-refractivity contribution in [3.8, 4) is 0 Å². The number of benzene rings is 1. The van der Waals surface area contributed by atoms with E-state index in [0.29, 0.717) is 0 Å². The van der Waals surface area contributed by atoms with E-state index in [9.17, 15) is 4.79 Å². The molecular formula is C16H21N3O. The molecule has 1 aromatic carbocycles. The maximum atomic E-state index is 12.7. The van der Waals surface area contributed by atoms with E-state index in [4.69, 9.17) is 5.10 Å². The fraction of sp³-hybridized carbons (Fsp3) is 0.500. The predicted molar refractivity (Wildman–Crippen MR) is 81.1 cm³/mol. The summed E-state index contributed by atoms with van der Waals surface area (Å²) in [4.78, 5) is 12.7.